The van der Waals surface area contributed by atoms with Gasteiger partial charge in [-0.15, -0.1) is 4.68 Å². The van der Waals surface area contributed by atoms with E-state index in [1.165, 1.54) is 6.07 Å². The third-order valence-corrected chi connectivity index (χ3v) is 2.16. The van der Waals surface area contributed by atoms with Crippen LogP contribution >= 0.6 is 0 Å². The third-order valence-electron chi connectivity index (χ3n) is 2.16. The summed E-state index contributed by atoms with van der Waals surface area (Å²) in [6, 6.07) is 6.12. The second-order valence-electron chi connectivity index (χ2n) is 3.75. The van der Waals surface area contributed by atoms with Crippen LogP contribution in [-0.4, -0.2) is 25.6 Å². The van der Waals surface area contributed by atoms with Crippen LogP contribution in [0.25, 0.3) is 0 Å². The van der Waals surface area contributed by atoms with Crippen LogP contribution in [0.1, 0.15) is 0 Å². The van der Waals surface area contributed by atoms with E-state index in [0.29, 0.717) is 11.4 Å². The Kier molecular flexibility index (Phi) is 3.46. The molecule has 0 saturated carbocycles. The van der Waals surface area contributed by atoms with Crippen molar-refractivity contribution >= 4 is 17.5 Å². The standard InChI is InChI=1S/C10H10N6O4/c11-6-2-1-3-7(4-6)20-10-13-9(16(18)19)14-15(10)5-8(12)17/h1-4H,5,11H2,(H2,12,17). The highest BCUT2D eigenvalue weighted by Crippen LogP contribution is 2.23. The minimum Gasteiger partial charge on any atom is -0.411 e. The van der Waals surface area contributed by atoms with Crippen LogP contribution in [0.5, 0.6) is 11.8 Å². The molecule has 0 aliphatic heterocycles. The van der Waals surface area contributed by atoms with Crippen molar-refractivity contribution in [3.05, 3.63) is 34.4 Å². The van der Waals surface area contributed by atoms with Crippen molar-refractivity contribution in [2.24, 2.45) is 5.73 Å². The zero-order chi connectivity index (χ0) is 14.7. The van der Waals surface area contributed by atoms with Gasteiger partial charge < -0.3 is 26.3 Å². The van der Waals surface area contributed by atoms with Gasteiger partial charge in [-0.2, -0.15) is 0 Å². The fraction of sp³-hybridized carbons (Fsp3) is 0.100. The highest BCUT2D eigenvalue weighted by molar-refractivity contribution is 5.73. The van der Waals surface area contributed by atoms with E-state index in [1.54, 1.807) is 18.2 Å². The second-order valence-corrected chi connectivity index (χ2v) is 3.75. The summed E-state index contributed by atoms with van der Waals surface area (Å²) in [6.45, 7) is -0.390. The van der Waals surface area contributed by atoms with E-state index in [4.69, 9.17) is 16.2 Å². The number of nitro groups is 1. The molecule has 2 aromatic rings. The predicted molar refractivity (Wildman–Crippen MR) is 66.8 cm³/mol. The van der Waals surface area contributed by atoms with Crippen molar-refractivity contribution in [3.63, 3.8) is 0 Å². The number of primary amides is 1. The maximum Gasteiger partial charge on any atom is 0.494 e. The van der Waals surface area contributed by atoms with E-state index in [9.17, 15) is 14.9 Å². The molecule has 0 spiro atoms. The van der Waals surface area contributed by atoms with Crippen molar-refractivity contribution in [2.75, 3.05) is 5.73 Å². The van der Waals surface area contributed by atoms with Gasteiger partial charge in [-0.1, -0.05) is 6.07 Å². The third kappa shape index (κ3) is 2.98. The molecule has 104 valence electrons. The van der Waals surface area contributed by atoms with Gasteiger partial charge in [0.05, 0.1) is 0 Å². The van der Waals surface area contributed by atoms with Gasteiger partial charge in [-0.25, -0.2) is 0 Å². The van der Waals surface area contributed by atoms with Crippen molar-refractivity contribution in [2.45, 2.75) is 6.54 Å². The van der Waals surface area contributed by atoms with Crippen molar-refractivity contribution in [1.29, 1.82) is 0 Å². The number of amides is 1. The van der Waals surface area contributed by atoms with E-state index in [2.05, 4.69) is 10.1 Å². The summed E-state index contributed by atoms with van der Waals surface area (Å²) in [5.41, 5.74) is 11.0. The summed E-state index contributed by atoms with van der Waals surface area (Å²) < 4.78 is 6.23. The number of aromatic nitrogens is 3. The number of anilines is 1. The van der Waals surface area contributed by atoms with Gasteiger partial charge in [0.1, 0.15) is 12.3 Å². The topological polar surface area (TPSA) is 152 Å². The van der Waals surface area contributed by atoms with Crippen LogP contribution in [0.3, 0.4) is 0 Å². The van der Waals surface area contributed by atoms with Crippen molar-refractivity contribution < 1.29 is 14.5 Å². The zero-order valence-electron chi connectivity index (χ0n) is 10.1. The summed E-state index contributed by atoms with van der Waals surface area (Å²) >= 11 is 0. The van der Waals surface area contributed by atoms with Crippen molar-refractivity contribution in [1.82, 2.24) is 14.8 Å². The fourth-order valence-corrected chi connectivity index (χ4v) is 1.40. The van der Waals surface area contributed by atoms with Gasteiger partial charge in [-0.05, 0) is 22.0 Å². The number of nitrogen functional groups attached to an aromatic ring is 1. The number of hydrogen-bond donors (Lipinski definition) is 2. The molecule has 0 bridgehead atoms. The molecule has 0 unspecified atom stereocenters. The summed E-state index contributed by atoms with van der Waals surface area (Å²) in [4.78, 5) is 24.3. The Morgan fingerprint density at radius 2 is 2.25 bits per heavy atom. The zero-order valence-corrected chi connectivity index (χ0v) is 10.1. The van der Waals surface area contributed by atoms with E-state index in [1.807, 2.05) is 0 Å². The Morgan fingerprint density at radius 3 is 2.85 bits per heavy atom. The van der Waals surface area contributed by atoms with Gasteiger partial charge in [0.25, 0.3) is 0 Å². The summed E-state index contributed by atoms with van der Waals surface area (Å²) in [5.74, 6) is -1.12. The molecule has 0 radical (unpaired) electrons. The molecular formula is C10H10N6O4. The molecule has 1 aromatic carbocycles. The molecule has 0 aliphatic rings. The van der Waals surface area contributed by atoms with Gasteiger partial charge in [0, 0.05) is 16.9 Å². The van der Waals surface area contributed by atoms with Crippen LogP contribution in [0.2, 0.25) is 0 Å². The first-order valence-corrected chi connectivity index (χ1v) is 5.36. The normalized spacial score (nSPS) is 10.2. The Balaban J connectivity index is 2.33. The number of rotatable bonds is 5. The minimum atomic E-state index is -0.802. The lowest BCUT2D eigenvalue weighted by Gasteiger charge is -2.02. The Morgan fingerprint density at radius 1 is 1.50 bits per heavy atom. The van der Waals surface area contributed by atoms with E-state index in [0.717, 1.165) is 4.68 Å². The number of benzene rings is 1. The highest BCUT2D eigenvalue weighted by Gasteiger charge is 2.24. The molecule has 0 fully saturated rings. The highest BCUT2D eigenvalue weighted by atomic mass is 16.6. The molecule has 0 aliphatic carbocycles. The Hall–Kier alpha value is -3.17. The molecule has 10 nitrogen and oxygen atoms in total. The van der Waals surface area contributed by atoms with Crippen LogP contribution in [0, 0.1) is 10.1 Å². The minimum absolute atomic E-state index is 0.221. The number of nitrogens with two attached hydrogens (primary N) is 2. The Labute approximate surface area is 112 Å². The van der Waals surface area contributed by atoms with E-state index < -0.39 is 23.3 Å². The molecule has 0 saturated heterocycles. The Bertz CT molecular complexity index is 668. The fourth-order valence-electron chi connectivity index (χ4n) is 1.40. The maximum atomic E-state index is 10.9. The van der Waals surface area contributed by atoms with Gasteiger partial charge >= 0.3 is 12.0 Å². The lowest BCUT2D eigenvalue weighted by Crippen LogP contribution is -2.20. The largest absolute Gasteiger partial charge is 0.494 e. The van der Waals surface area contributed by atoms with E-state index >= 15 is 0 Å². The number of carbonyl (C=O) groups is 1. The summed E-state index contributed by atoms with van der Waals surface area (Å²) in [7, 11) is 0. The van der Waals surface area contributed by atoms with Gasteiger partial charge in [-0.3, -0.25) is 4.79 Å². The first kappa shape index (κ1) is 13.3. The van der Waals surface area contributed by atoms with Crippen LogP contribution in [-0.2, 0) is 11.3 Å². The average Bonchev–Trinajstić information content (AvgIpc) is 2.72. The molecule has 0 atom stereocenters. The van der Waals surface area contributed by atoms with Crippen molar-refractivity contribution in [3.8, 4) is 11.8 Å². The molecule has 1 heterocycles. The van der Waals surface area contributed by atoms with Crippen LogP contribution < -0.4 is 16.2 Å². The monoisotopic (exact) mass is 278 g/mol. The van der Waals surface area contributed by atoms with Crippen LogP contribution in [0.4, 0.5) is 11.6 Å². The first-order valence-electron chi connectivity index (χ1n) is 5.36. The number of nitrogens with zero attached hydrogens (tertiary/aromatic N) is 4. The van der Waals surface area contributed by atoms with E-state index in [-0.39, 0.29) is 6.01 Å². The maximum absolute atomic E-state index is 10.9. The first-order chi connectivity index (χ1) is 9.45. The molecule has 10 heteroatoms. The van der Waals surface area contributed by atoms with Gasteiger partial charge in [0.2, 0.25) is 5.91 Å². The second kappa shape index (κ2) is 5.22. The van der Waals surface area contributed by atoms with Crippen LogP contribution in [0.15, 0.2) is 24.3 Å². The molecule has 20 heavy (non-hydrogen) atoms. The summed E-state index contributed by atoms with van der Waals surface area (Å²) in [6.07, 6.45) is 0. The molecule has 4 N–H and O–H groups in total. The quantitative estimate of drug-likeness (QED) is 0.445. The SMILES string of the molecule is NC(=O)Cn1nc([N+](=O)[O-])nc1Oc1cccc(N)c1. The number of carbonyl (C=O) groups excluding carboxylic acids is 1. The number of ether oxygens (including phenoxy) is 1. The van der Waals surface area contributed by atoms with Gasteiger partial charge in [0.15, 0.2) is 0 Å². The molecule has 1 amide bonds. The average molecular weight is 278 g/mol. The lowest BCUT2D eigenvalue weighted by molar-refractivity contribution is -0.394. The lowest BCUT2D eigenvalue weighted by atomic mass is 10.3. The summed E-state index contributed by atoms with van der Waals surface area (Å²) in [5, 5.41) is 14.2. The molecular weight excluding hydrogens is 268 g/mol. The molecule has 1 aromatic heterocycles. The smallest absolute Gasteiger partial charge is 0.411 e. The molecule has 2 rings (SSSR count). The number of hydrogen-bond acceptors (Lipinski definition) is 7. The predicted octanol–water partition coefficient (Wildman–Crippen LogP) is 0.0461.